The lowest BCUT2D eigenvalue weighted by molar-refractivity contribution is -0.148. The van der Waals surface area contributed by atoms with E-state index in [0.717, 1.165) is 16.7 Å². The van der Waals surface area contributed by atoms with Crippen molar-refractivity contribution in [3.05, 3.63) is 41.0 Å². The summed E-state index contributed by atoms with van der Waals surface area (Å²) in [5, 5.41) is 9.40. The Hall–Kier alpha value is -2.83. The molecule has 2 rings (SSSR count). The first-order valence-corrected chi connectivity index (χ1v) is 8.90. The third-order valence-corrected chi connectivity index (χ3v) is 4.93. The minimum atomic E-state index is -1.01. The zero-order valence-corrected chi connectivity index (χ0v) is 16.0. The minimum Gasteiger partial charge on any atom is -0.481 e. The molecule has 0 bridgehead atoms. The Labute approximate surface area is 158 Å². The van der Waals surface area contributed by atoms with Crippen molar-refractivity contribution in [3.63, 3.8) is 0 Å². The number of aryl methyl sites for hydroxylation is 1. The monoisotopic (exact) mass is 374 g/mol. The highest BCUT2D eigenvalue weighted by atomic mass is 16.5. The maximum atomic E-state index is 12.4. The van der Waals surface area contributed by atoms with E-state index >= 15 is 0 Å². The fourth-order valence-corrected chi connectivity index (χ4v) is 3.02. The molecule has 3 atom stereocenters. The number of benzene rings is 1. The topological polar surface area (TPSA) is 105 Å². The van der Waals surface area contributed by atoms with E-state index in [1.807, 2.05) is 32.9 Å². The maximum Gasteiger partial charge on any atom is 0.307 e. The molecule has 0 unspecified atom stereocenters. The van der Waals surface area contributed by atoms with Crippen molar-refractivity contribution < 1.29 is 24.2 Å². The van der Waals surface area contributed by atoms with Crippen molar-refractivity contribution in [2.75, 3.05) is 0 Å². The summed E-state index contributed by atoms with van der Waals surface area (Å²) in [6, 6.07) is 7.26. The Kier molecular flexibility index (Phi) is 6.60. The number of amides is 2. The van der Waals surface area contributed by atoms with Gasteiger partial charge in [0.25, 0.3) is 5.91 Å². The number of allylic oxidation sites excluding steroid dienone is 2. The van der Waals surface area contributed by atoms with Crippen LogP contribution in [-0.2, 0) is 14.4 Å². The lowest BCUT2D eigenvalue weighted by Crippen LogP contribution is -2.51. The lowest BCUT2D eigenvalue weighted by Gasteiger charge is -2.29. The van der Waals surface area contributed by atoms with Gasteiger partial charge >= 0.3 is 5.97 Å². The van der Waals surface area contributed by atoms with Crippen molar-refractivity contribution in [1.82, 2.24) is 10.9 Å². The first-order chi connectivity index (χ1) is 12.7. The van der Waals surface area contributed by atoms with Gasteiger partial charge in [0.15, 0.2) is 6.10 Å². The quantitative estimate of drug-likeness (QED) is 0.542. The van der Waals surface area contributed by atoms with Crippen LogP contribution >= 0.6 is 0 Å². The van der Waals surface area contributed by atoms with Crippen LogP contribution in [0.2, 0.25) is 0 Å². The zero-order valence-electron chi connectivity index (χ0n) is 16.0. The van der Waals surface area contributed by atoms with E-state index in [1.54, 1.807) is 19.1 Å². The molecule has 7 nitrogen and oxygen atoms in total. The summed E-state index contributed by atoms with van der Waals surface area (Å²) in [7, 11) is 0. The first-order valence-electron chi connectivity index (χ1n) is 8.90. The molecule has 146 valence electrons. The minimum absolute atomic E-state index is 0.333. The average molecular weight is 374 g/mol. The van der Waals surface area contributed by atoms with Crippen LogP contribution in [0.1, 0.15) is 39.2 Å². The molecule has 0 heterocycles. The predicted molar refractivity (Wildman–Crippen MR) is 99.8 cm³/mol. The van der Waals surface area contributed by atoms with E-state index < -0.39 is 35.7 Å². The number of carbonyl (C=O) groups excluding carboxylic acids is 2. The number of aliphatic carboxylic acids is 1. The molecule has 0 fully saturated rings. The fraction of sp³-hybridized carbons (Fsp3) is 0.450. The number of carboxylic acids is 1. The van der Waals surface area contributed by atoms with Gasteiger partial charge in [-0.05, 0) is 52.7 Å². The van der Waals surface area contributed by atoms with Crippen LogP contribution in [0.3, 0.4) is 0 Å². The second-order valence-corrected chi connectivity index (χ2v) is 7.07. The molecule has 0 radical (unpaired) electrons. The van der Waals surface area contributed by atoms with Crippen molar-refractivity contribution in [1.29, 1.82) is 0 Å². The van der Waals surface area contributed by atoms with Gasteiger partial charge in [-0.15, -0.1) is 0 Å². The lowest BCUT2D eigenvalue weighted by atomic mass is 9.76. The van der Waals surface area contributed by atoms with Gasteiger partial charge in [-0.1, -0.05) is 28.8 Å². The Morgan fingerprint density at radius 2 is 1.56 bits per heavy atom. The van der Waals surface area contributed by atoms with E-state index in [4.69, 9.17) is 4.74 Å². The second-order valence-electron chi connectivity index (χ2n) is 7.07. The number of nitrogens with one attached hydrogen (secondary N) is 2. The van der Waals surface area contributed by atoms with Crippen molar-refractivity contribution >= 4 is 17.8 Å². The standard InChI is InChI=1S/C20H26N2O5/c1-11-5-7-15(8-6-11)27-14(4)18(23)21-22-19(24)16-9-12(2)13(3)10-17(16)20(25)26/h5-8,14,16-17H,9-10H2,1-4H3,(H,21,23)(H,22,24)(H,25,26)/t14-,16-,17-/m0/s1. The molecule has 2 amide bonds. The maximum absolute atomic E-state index is 12.4. The van der Waals surface area contributed by atoms with Crippen LogP contribution in [0, 0.1) is 18.8 Å². The molecule has 0 aromatic heterocycles. The van der Waals surface area contributed by atoms with Crippen LogP contribution < -0.4 is 15.6 Å². The van der Waals surface area contributed by atoms with Gasteiger partial charge in [-0.3, -0.25) is 25.2 Å². The number of carbonyl (C=O) groups is 3. The van der Waals surface area contributed by atoms with Crippen molar-refractivity contribution in [3.8, 4) is 5.75 Å². The molecule has 3 N–H and O–H groups in total. The highest BCUT2D eigenvalue weighted by molar-refractivity contribution is 5.88. The summed E-state index contributed by atoms with van der Waals surface area (Å²) in [5.74, 6) is -3.01. The molecule has 0 spiro atoms. The summed E-state index contributed by atoms with van der Waals surface area (Å²) < 4.78 is 5.53. The predicted octanol–water partition coefficient (Wildman–Crippen LogP) is 2.36. The number of hydrogen-bond donors (Lipinski definition) is 3. The Bertz CT molecular complexity index is 754. The molecule has 1 aliphatic rings. The van der Waals surface area contributed by atoms with E-state index in [-0.39, 0.29) is 0 Å². The molecule has 1 aromatic carbocycles. The number of ether oxygens (including phenoxy) is 1. The van der Waals surface area contributed by atoms with Gasteiger partial charge in [-0.25, -0.2) is 0 Å². The molecule has 1 aromatic rings. The van der Waals surface area contributed by atoms with Crippen LogP contribution in [0.4, 0.5) is 0 Å². The Morgan fingerprint density at radius 3 is 2.11 bits per heavy atom. The number of hydrogen-bond acceptors (Lipinski definition) is 4. The summed E-state index contributed by atoms with van der Waals surface area (Å²) in [6.45, 7) is 7.29. The van der Waals surface area contributed by atoms with Crippen LogP contribution in [0.15, 0.2) is 35.4 Å². The number of rotatable bonds is 5. The normalized spacial score (nSPS) is 20.6. The molecule has 27 heavy (non-hydrogen) atoms. The summed E-state index contributed by atoms with van der Waals surface area (Å²) in [5.41, 5.74) is 7.75. The number of hydrazine groups is 1. The summed E-state index contributed by atoms with van der Waals surface area (Å²) >= 11 is 0. The van der Waals surface area contributed by atoms with Gasteiger partial charge in [0.05, 0.1) is 11.8 Å². The Balaban J connectivity index is 1.92. The van der Waals surface area contributed by atoms with Gasteiger partial charge in [0.2, 0.25) is 5.91 Å². The van der Waals surface area contributed by atoms with Gasteiger partial charge in [-0.2, -0.15) is 0 Å². The van der Waals surface area contributed by atoms with Crippen LogP contribution in [0.5, 0.6) is 5.75 Å². The first kappa shape index (κ1) is 20.5. The third-order valence-electron chi connectivity index (χ3n) is 4.93. The van der Waals surface area contributed by atoms with Crippen LogP contribution in [-0.4, -0.2) is 29.0 Å². The highest BCUT2D eigenvalue weighted by Gasteiger charge is 2.37. The van der Waals surface area contributed by atoms with Crippen molar-refractivity contribution in [2.45, 2.75) is 46.6 Å². The van der Waals surface area contributed by atoms with Crippen LogP contribution in [0.25, 0.3) is 0 Å². The van der Waals surface area contributed by atoms with Crippen molar-refractivity contribution in [2.24, 2.45) is 11.8 Å². The smallest absolute Gasteiger partial charge is 0.307 e. The van der Waals surface area contributed by atoms with Gasteiger partial charge < -0.3 is 9.84 Å². The highest BCUT2D eigenvalue weighted by Crippen LogP contribution is 2.34. The number of carboxylic acid groups (broad SMARTS) is 1. The largest absolute Gasteiger partial charge is 0.481 e. The molecule has 1 aliphatic carbocycles. The van der Waals surface area contributed by atoms with Gasteiger partial charge in [0, 0.05) is 0 Å². The van der Waals surface area contributed by atoms with E-state index in [0.29, 0.717) is 18.6 Å². The SMILES string of the molecule is CC1=C(C)C[C@H](C(=O)NNC(=O)[C@H](C)Oc2ccc(C)cc2)[C@@H](C(=O)O)C1. The third kappa shape index (κ3) is 5.32. The second kappa shape index (κ2) is 8.70. The molecular formula is C20H26N2O5. The molecule has 0 saturated heterocycles. The summed E-state index contributed by atoms with van der Waals surface area (Å²) in [6.07, 6.45) is -0.126. The average Bonchev–Trinajstić information content (AvgIpc) is 2.62. The van der Waals surface area contributed by atoms with Gasteiger partial charge in [0.1, 0.15) is 5.75 Å². The Morgan fingerprint density at radius 1 is 1.00 bits per heavy atom. The molecule has 0 saturated carbocycles. The van der Waals surface area contributed by atoms with E-state index in [1.165, 1.54) is 0 Å². The van der Waals surface area contributed by atoms with E-state index in [9.17, 15) is 19.5 Å². The fourth-order valence-electron chi connectivity index (χ4n) is 3.02. The van der Waals surface area contributed by atoms with E-state index in [2.05, 4.69) is 10.9 Å². The molecular weight excluding hydrogens is 348 g/mol. The zero-order chi connectivity index (χ0) is 20.1. The molecule has 0 aliphatic heterocycles. The summed E-state index contributed by atoms with van der Waals surface area (Å²) in [4.78, 5) is 36.1. The molecule has 7 heteroatoms.